The first-order valence-corrected chi connectivity index (χ1v) is 8.67. The standard InChI is InChI=1S/C10H19O7PS/c1-5-16-9(11)7-8(10(12)17-6-2)19-18(13,14-3)15-4/h8H,5-7H2,1-4H3/t8-/m0/s1. The number of hydrogen-bond acceptors (Lipinski definition) is 8. The molecule has 112 valence electrons. The van der Waals surface area contributed by atoms with Crippen molar-refractivity contribution in [1.82, 2.24) is 0 Å². The second kappa shape index (κ2) is 9.36. The molecule has 0 radical (unpaired) electrons. The SMILES string of the molecule is CCOC(=O)C[C@H](SP(=O)(OC)OC)C(=O)OCC. The number of carbonyl (C=O) groups is 2. The van der Waals surface area contributed by atoms with Gasteiger partial charge in [0.25, 0.3) is 0 Å². The quantitative estimate of drug-likeness (QED) is 0.472. The molecule has 0 amide bonds. The lowest BCUT2D eigenvalue weighted by atomic mass is 10.3. The summed E-state index contributed by atoms with van der Waals surface area (Å²) in [4.78, 5) is 23.1. The minimum atomic E-state index is -3.48. The molecule has 0 aliphatic carbocycles. The van der Waals surface area contributed by atoms with E-state index in [4.69, 9.17) is 18.5 Å². The molecule has 7 nitrogen and oxygen atoms in total. The van der Waals surface area contributed by atoms with Gasteiger partial charge in [0.1, 0.15) is 5.25 Å². The van der Waals surface area contributed by atoms with E-state index in [9.17, 15) is 14.2 Å². The van der Waals surface area contributed by atoms with Gasteiger partial charge in [-0.25, -0.2) is 4.57 Å². The molecule has 0 aromatic rings. The fraction of sp³-hybridized carbons (Fsp3) is 0.800. The molecule has 0 saturated heterocycles. The molecule has 19 heavy (non-hydrogen) atoms. The van der Waals surface area contributed by atoms with E-state index in [0.29, 0.717) is 11.4 Å². The number of ether oxygens (including phenoxy) is 2. The highest BCUT2D eigenvalue weighted by Crippen LogP contribution is 2.61. The average molecular weight is 314 g/mol. The Bertz CT molecular complexity index is 339. The van der Waals surface area contributed by atoms with E-state index in [1.165, 1.54) is 14.2 Å². The first-order valence-electron chi connectivity index (χ1n) is 5.64. The second-order valence-corrected chi connectivity index (χ2v) is 7.55. The first kappa shape index (κ1) is 18.4. The van der Waals surface area contributed by atoms with Gasteiger partial charge in [-0.2, -0.15) is 0 Å². The molecule has 0 spiro atoms. The average Bonchev–Trinajstić information content (AvgIpc) is 2.38. The Kier molecular flexibility index (Phi) is 9.08. The van der Waals surface area contributed by atoms with E-state index in [1.54, 1.807) is 13.8 Å². The van der Waals surface area contributed by atoms with Crippen LogP contribution >= 0.6 is 18.2 Å². The molecule has 0 aliphatic heterocycles. The first-order chi connectivity index (χ1) is 8.92. The minimum Gasteiger partial charge on any atom is -0.466 e. The van der Waals surface area contributed by atoms with E-state index in [2.05, 4.69) is 0 Å². The third-order valence-corrected chi connectivity index (χ3v) is 6.11. The summed E-state index contributed by atoms with van der Waals surface area (Å²) in [6.07, 6.45) is -0.256. The fourth-order valence-electron chi connectivity index (χ4n) is 1.09. The van der Waals surface area contributed by atoms with Crippen molar-refractivity contribution in [2.45, 2.75) is 25.5 Å². The maximum atomic E-state index is 12.0. The van der Waals surface area contributed by atoms with E-state index in [1.807, 2.05) is 0 Å². The Morgan fingerprint density at radius 1 is 1.11 bits per heavy atom. The molecule has 0 heterocycles. The summed E-state index contributed by atoms with van der Waals surface area (Å²) in [5.74, 6) is -1.23. The van der Waals surface area contributed by atoms with Crippen LogP contribution in [0.25, 0.3) is 0 Å². The molecular weight excluding hydrogens is 295 g/mol. The third kappa shape index (κ3) is 6.96. The zero-order valence-corrected chi connectivity index (χ0v) is 13.1. The van der Waals surface area contributed by atoms with Gasteiger partial charge in [-0.15, -0.1) is 0 Å². The van der Waals surface area contributed by atoms with Crippen molar-refractivity contribution in [2.24, 2.45) is 0 Å². The number of esters is 2. The van der Waals surface area contributed by atoms with Gasteiger partial charge in [0.2, 0.25) is 0 Å². The van der Waals surface area contributed by atoms with Crippen LogP contribution in [0.2, 0.25) is 0 Å². The lowest BCUT2D eigenvalue weighted by Crippen LogP contribution is -2.24. The van der Waals surface area contributed by atoms with Crippen molar-refractivity contribution in [3.05, 3.63) is 0 Å². The Hall–Kier alpha value is -0.560. The summed E-state index contributed by atoms with van der Waals surface area (Å²) in [7, 11) is 2.40. The van der Waals surface area contributed by atoms with Crippen LogP contribution in [0.3, 0.4) is 0 Å². The summed E-state index contributed by atoms with van der Waals surface area (Å²) >= 11 is 0.630. The summed E-state index contributed by atoms with van der Waals surface area (Å²) in [6, 6.07) is 0. The number of hydrogen-bond donors (Lipinski definition) is 0. The molecule has 1 atom stereocenters. The molecular formula is C10H19O7PS. The molecule has 9 heteroatoms. The summed E-state index contributed by atoms with van der Waals surface area (Å²) in [6.45, 7) is 0.161. The lowest BCUT2D eigenvalue weighted by Gasteiger charge is -2.18. The van der Waals surface area contributed by atoms with Crippen LogP contribution in [0.5, 0.6) is 0 Å². The predicted octanol–water partition coefficient (Wildman–Crippen LogP) is 2.01. The van der Waals surface area contributed by atoms with Gasteiger partial charge in [0, 0.05) is 14.2 Å². The van der Waals surface area contributed by atoms with Crippen LogP contribution in [-0.4, -0.2) is 44.6 Å². The van der Waals surface area contributed by atoms with Crippen molar-refractivity contribution >= 4 is 30.1 Å². The van der Waals surface area contributed by atoms with Crippen molar-refractivity contribution in [1.29, 1.82) is 0 Å². The highest BCUT2D eigenvalue weighted by atomic mass is 32.7. The monoisotopic (exact) mass is 314 g/mol. The molecule has 0 saturated carbocycles. The maximum Gasteiger partial charge on any atom is 0.389 e. The van der Waals surface area contributed by atoms with Gasteiger partial charge in [-0.05, 0) is 25.2 Å². The lowest BCUT2D eigenvalue weighted by molar-refractivity contribution is -0.149. The Labute approximate surface area is 116 Å². The molecule has 0 rings (SSSR count). The van der Waals surface area contributed by atoms with Crippen LogP contribution in [0.4, 0.5) is 0 Å². The number of rotatable bonds is 9. The van der Waals surface area contributed by atoms with Gasteiger partial charge in [-0.1, -0.05) is 0 Å². The molecule has 0 aromatic carbocycles. The normalized spacial score (nSPS) is 12.8. The molecule has 0 aliphatic rings. The molecule has 0 N–H and O–H groups in total. The molecule has 0 bridgehead atoms. The highest BCUT2D eigenvalue weighted by Gasteiger charge is 2.35. The predicted molar refractivity (Wildman–Crippen MR) is 70.9 cm³/mol. The van der Waals surface area contributed by atoms with Gasteiger partial charge in [0.05, 0.1) is 19.6 Å². The van der Waals surface area contributed by atoms with Gasteiger partial charge < -0.3 is 18.5 Å². The largest absolute Gasteiger partial charge is 0.466 e. The van der Waals surface area contributed by atoms with E-state index in [-0.39, 0.29) is 19.6 Å². The van der Waals surface area contributed by atoms with Crippen molar-refractivity contribution in [2.75, 3.05) is 27.4 Å². The van der Waals surface area contributed by atoms with Crippen LogP contribution < -0.4 is 0 Å². The van der Waals surface area contributed by atoms with Gasteiger partial charge >= 0.3 is 18.7 Å². The van der Waals surface area contributed by atoms with Gasteiger partial charge in [0.15, 0.2) is 0 Å². The van der Waals surface area contributed by atoms with E-state index in [0.717, 1.165) is 0 Å². The molecule has 0 unspecified atom stereocenters. The second-order valence-electron chi connectivity index (χ2n) is 3.17. The zero-order valence-electron chi connectivity index (χ0n) is 11.4. The van der Waals surface area contributed by atoms with Crippen LogP contribution in [0.1, 0.15) is 20.3 Å². The molecule has 0 aromatic heterocycles. The Balaban J connectivity index is 4.81. The number of carbonyl (C=O) groups excluding carboxylic acids is 2. The Morgan fingerprint density at radius 2 is 1.63 bits per heavy atom. The van der Waals surface area contributed by atoms with Crippen LogP contribution in [-0.2, 0) is 32.7 Å². The van der Waals surface area contributed by atoms with Crippen LogP contribution in [0.15, 0.2) is 0 Å². The summed E-state index contributed by atoms with van der Waals surface area (Å²) in [5.41, 5.74) is 0. The third-order valence-electron chi connectivity index (χ3n) is 1.91. The summed E-state index contributed by atoms with van der Waals surface area (Å²) < 4.78 is 31.0. The zero-order chi connectivity index (χ0) is 14.9. The van der Waals surface area contributed by atoms with Crippen LogP contribution in [0, 0.1) is 0 Å². The van der Waals surface area contributed by atoms with Crippen molar-refractivity contribution in [3.63, 3.8) is 0 Å². The Morgan fingerprint density at radius 3 is 2.05 bits per heavy atom. The van der Waals surface area contributed by atoms with Crippen molar-refractivity contribution in [3.8, 4) is 0 Å². The molecule has 0 fully saturated rings. The summed E-state index contributed by atoms with van der Waals surface area (Å²) in [5, 5.41) is -0.996. The van der Waals surface area contributed by atoms with Crippen molar-refractivity contribution < 1.29 is 32.7 Å². The van der Waals surface area contributed by atoms with E-state index < -0.39 is 24.0 Å². The fourth-order valence-corrected chi connectivity index (χ4v) is 4.02. The minimum absolute atomic E-state index is 0.156. The topological polar surface area (TPSA) is 88.1 Å². The smallest absolute Gasteiger partial charge is 0.389 e. The maximum absolute atomic E-state index is 12.0. The van der Waals surface area contributed by atoms with Gasteiger partial charge in [-0.3, -0.25) is 9.59 Å². The highest BCUT2D eigenvalue weighted by molar-refractivity contribution is 8.55. The van der Waals surface area contributed by atoms with E-state index >= 15 is 0 Å².